The molecule has 0 saturated heterocycles. The summed E-state index contributed by atoms with van der Waals surface area (Å²) < 4.78 is 6.36. The SMILES string of the molecule is COCCNC(=O)c1cc(-c2cc(Cl)cc(Cl)c2)c2nncn2n1. The largest absolute Gasteiger partial charge is 0.383 e. The molecule has 1 aromatic carbocycles. The van der Waals surface area contributed by atoms with E-state index in [9.17, 15) is 4.79 Å². The lowest BCUT2D eigenvalue weighted by atomic mass is 10.1. The second-order valence-electron chi connectivity index (χ2n) is 4.95. The minimum Gasteiger partial charge on any atom is -0.383 e. The molecule has 7 nitrogen and oxygen atoms in total. The lowest BCUT2D eigenvalue weighted by Crippen LogP contribution is -2.28. The van der Waals surface area contributed by atoms with Crippen LogP contribution < -0.4 is 5.32 Å². The smallest absolute Gasteiger partial charge is 0.271 e. The maximum absolute atomic E-state index is 12.3. The van der Waals surface area contributed by atoms with E-state index in [1.807, 2.05) is 0 Å². The molecule has 0 aliphatic heterocycles. The third-order valence-electron chi connectivity index (χ3n) is 3.27. The van der Waals surface area contributed by atoms with Gasteiger partial charge in [0.2, 0.25) is 0 Å². The number of carbonyl (C=O) groups is 1. The topological polar surface area (TPSA) is 81.4 Å². The highest BCUT2D eigenvalue weighted by atomic mass is 35.5. The third kappa shape index (κ3) is 3.48. The summed E-state index contributed by atoms with van der Waals surface area (Å²) in [5.74, 6) is -0.322. The van der Waals surface area contributed by atoms with Crippen molar-refractivity contribution < 1.29 is 9.53 Å². The Morgan fingerprint density at radius 2 is 2.00 bits per heavy atom. The molecule has 0 aliphatic rings. The second-order valence-corrected chi connectivity index (χ2v) is 5.82. The van der Waals surface area contributed by atoms with Gasteiger partial charge in [-0.1, -0.05) is 23.2 Å². The zero-order valence-electron chi connectivity index (χ0n) is 12.7. The molecule has 3 aromatic rings. The van der Waals surface area contributed by atoms with Crippen molar-refractivity contribution in [1.82, 2.24) is 25.1 Å². The molecular formula is C15H13Cl2N5O2. The summed E-state index contributed by atoms with van der Waals surface area (Å²) in [6.07, 6.45) is 1.43. The number of carbonyl (C=O) groups excluding carboxylic acids is 1. The Bertz CT molecular complexity index is 876. The second kappa shape index (κ2) is 7.12. The summed E-state index contributed by atoms with van der Waals surface area (Å²) >= 11 is 12.2. The van der Waals surface area contributed by atoms with Crippen molar-refractivity contribution in [3.05, 3.63) is 46.3 Å². The lowest BCUT2D eigenvalue weighted by Gasteiger charge is -2.08. The molecule has 0 unspecified atom stereocenters. The highest BCUT2D eigenvalue weighted by Gasteiger charge is 2.15. The molecule has 0 radical (unpaired) electrons. The van der Waals surface area contributed by atoms with Gasteiger partial charge < -0.3 is 10.1 Å². The number of fused-ring (bicyclic) bond motifs is 1. The molecule has 1 N–H and O–H groups in total. The number of ether oxygens (including phenoxy) is 1. The van der Waals surface area contributed by atoms with Crippen molar-refractivity contribution in [3.63, 3.8) is 0 Å². The van der Waals surface area contributed by atoms with Crippen LogP contribution >= 0.6 is 23.2 Å². The number of nitrogens with zero attached hydrogens (tertiary/aromatic N) is 4. The van der Waals surface area contributed by atoms with Crippen LogP contribution in [0.1, 0.15) is 10.5 Å². The van der Waals surface area contributed by atoms with Crippen LogP contribution in [0.2, 0.25) is 10.0 Å². The number of methoxy groups -OCH3 is 1. The normalized spacial score (nSPS) is 11.0. The molecule has 3 rings (SSSR count). The van der Waals surface area contributed by atoms with E-state index >= 15 is 0 Å². The number of nitrogens with one attached hydrogen (secondary N) is 1. The van der Waals surface area contributed by atoms with E-state index in [1.165, 1.54) is 10.8 Å². The van der Waals surface area contributed by atoms with Gasteiger partial charge in [-0.3, -0.25) is 4.79 Å². The number of aromatic nitrogens is 4. The van der Waals surface area contributed by atoms with Crippen molar-refractivity contribution in [2.24, 2.45) is 0 Å². The van der Waals surface area contributed by atoms with Crippen molar-refractivity contribution in [2.45, 2.75) is 0 Å². The summed E-state index contributed by atoms with van der Waals surface area (Å²) in [5, 5.41) is 15.8. The first kappa shape index (κ1) is 16.6. The summed E-state index contributed by atoms with van der Waals surface area (Å²) in [5.41, 5.74) is 2.11. The Balaban J connectivity index is 2.06. The summed E-state index contributed by atoms with van der Waals surface area (Å²) in [6.45, 7) is 0.799. The van der Waals surface area contributed by atoms with Crippen molar-refractivity contribution >= 4 is 34.8 Å². The predicted molar refractivity (Wildman–Crippen MR) is 90.4 cm³/mol. The molecule has 0 aliphatic carbocycles. The first-order valence-electron chi connectivity index (χ1n) is 7.03. The molecule has 0 bridgehead atoms. The van der Waals surface area contributed by atoms with E-state index in [1.54, 1.807) is 31.4 Å². The van der Waals surface area contributed by atoms with Gasteiger partial charge in [-0.15, -0.1) is 10.2 Å². The maximum atomic E-state index is 12.3. The zero-order valence-corrected chi connectivity index (χ0v) is 14.2. The summed E-state index contributed by atoms with van der Waals surface area (Å²) in [4.78, 5) is 12.3. The van der Waals surface area contributed by atoms with Gasteiger partial charge in [-0.25, -0.2) is 0 Å². The van der Waals surface area contributed by atoms with Crippen LogP contribution in [-0.2, 0) is 4.74 Å². The van der Waals surface area contributed by atoms with Crippen LogP contribution in [0.15, 0.2) is 30.6 Å². The number of amides is 1. The molecule has 0 spiro atoms. The Morgan fingerprint density at radius 1 is 1.25 bits per heavy atom. The van der Waals surface area contributed by atoms with Gasteiger partial charge in [0.15, 0.2) is 5.65 Å². The van der Waals surface area contributed by atoms with Crippen molar-refractivity contribution in [1.29, 1.82) is 0 Å². The van der Waals surface area contributed by atoms with E-state index < -0.39 is 0 Å². The molecule has 2 aromatic heterocycles. The molecular weight excluding hydrogens is 353 g/mol. The molecule has 0 saturated carbocycles. The van der Waals surface area contributed by atoms with Gasteiger partial charge in [0.1, 0.15) is 12.0 Å². The van der Waals surface area contributed by atoms with Gasteiger partial charge >= 0.3 is 0 Å². The Morgan fingerprint density at radius 3 is 2.71 bits per heavy atom. The Kier molecular flexibility index (Phi) is 4.94. The van der Waals surface area contributed by atoms with Gasteiger partial charge in [0.05, 0.1) is 6.61 Å². The van der Waals surface area contributed by atoms with E-state index in [-0.39, 0.29) is 11.6 Å². The number of hydrogen-bond donors (Lipinski definition) is 1. The summed E-state index contributed by atoms with van der Waals surface area (Å²) in [6, 6.07) is 6.75. The molecule has 0 fully saturated rings. The molecule has 24 heavy (non-hydrogen) atoms. The van der Waals surface area contributed by atoms with Gasteiger partial charge in [0.25, 0.3) is 5.91 Å². The number of benzene rings is 1. The Labute approximate surface area is 147 Å². The van der Waals surface area contributed by atoms with Crippen LogP contribution in [0.5, 0.6) is 0 Å². The Hall–Kier alpha value is -2.22. The van der Waals surface area contributed by atoms with Gasteiger partial charge in [-0.2, -0.15) is 9.61 Å². The summed E-state index contributed by atoms with van der Waals surface area (Å²) in [7, 11) is 1.56. The first-order chi connectivity index (χ1) is 11.6. The number of rotatable bonds is 5. The predicted octanol–water partition coefficient (Wildman–Crippen LogP) is 2.47. The maximum Gasteiger partial charge on any atom is 0.271 e. The van der Waals surface area contributed by atoms with E-state index in [0.29, 0.717) is 34.4 Å². The highest BCUT2D eigenvalue weighted by Crippen LogP contribution is 2.29. The zero-order chi connectivity index (χ0) is 17.1. The van der Waals surface area contributed by atoms with Crippen LogP contribution in [0.25, 0.3) is 16.8 Å². The van der Waals surface area contributed by atoms with Crippen LogP contribution in [0.3, 0.4) is 0 Å². The standard InChI is InChI=1S/C15H13Cl2N5O2/c1-24-3-2-18-15(23)13-7-12(14-20-19-8-22(14)21-13)9-4-10(16)6-11(17)5-9/h4-8H,2-3H2,1H3,(H,18,23). The fourth-order valence-corrected chi connectivity index (χ4v) is 2.74. The van der Waals surface area contributed by atoms with E-state index in [0.717, 1.165) is 5.56 Å². The van der Waals surface area contributed by atoms with Crippen LogP contribution in [0.4, 0.5) is 0 Å². The van der Waals surface area contributed by atoms with Crippen molar-refractivity contribution in [2.75, 3.05) is 20.3 Å². The van der Waals surface area contributed by atoms with Crippen molar-refractivity contribution in [3.8, 4) is 11.1 Å². The van der Waals surface area contributed by atoms with Crippen LogP contribution in [0, 0.1) is 0 Å². The van der Waals surface area contributed by atoms with Gasteiger partial charge in [0, 0.05) is 29.3 Å². The minimum absolute atomic E-state index is 0.226. The highest BCUT2D eigenvalue weighted by molar-refractivity contribution is 6.35. The van der Waals surface area contributed by atoms with E-state index in [4.69, 9.17) is 27.9 Å². The molecule has 2 heterocycles. The molecule has 124 valence electrons. The quantitative estimate of drug-likeness (QED) is 0.702. The third-order valence-corrected chi connectivity index (χ3v) is 3.70. The number of halogens is 2. The first-order valence-corrected chi connectivity index (χ1v) is 7.79. The van der Waals surface area contributed by atoms with E-state index in [2.05, 4.69) is 20.6 Å². The van der Waals surface area contributed by atoms with Gasteiger partial charge in [-0.05, 0) is 29.8 Å². The average molecular weight is 366 g/mol. The monoisotopic (exact) mass is 365 g/mol. The minimum atomic E-state index is -0.322. The fraction of sp³-hybridized carbons (Fsp3) is 0.200. The average Bonchev–Trinajstić information content (AvgIpc) is 3.01. The molecule has 1 amide bonds. The molecule has 9 heteroatoms. The fourth-order valence-electron chi connectivity index (χ4n) is 2.22. The molecule has 0 atom stereocenters. The number of hydrogen-bond acceptors (Lipinski definition) is 5. The lowest BCUT2D eigenvalue weighted by molar-refractivity contribution is 0.0931. The van der Waals surface area contributed by atoms with Crippen LogP contribution in [-0.4, -0.2) is 46.0 Å².